The first-order valence-corrected chi connectivity index (χ1v) is 12.7. The van der Waals surface area contributed by atoms with Gasteiger partial charge in [-0.25, -0.2) is 0 Å². The quantitative estimate of drug-likeness (QED) is 0.385. The second-order valence-electron chi connectivity index (χ2n) is 10.1. The van der Waals surface area contributed by atoms with Crippen molar-refractivity contribution in [1.29, 1.82) is 0 Å². The van der Waals surface area contributed by atoms with Crippen molar-refractivity contribution < 1.29 is 29.0 Å². The monoisotopic (exact) mass is 474 g/mol. The molecule has 2 bridgehead atoms. The number of rotatable bonds is 10. The summed E-state index contributed by atoms with van der Waals surface area (Å²) < 4.78 is 12.1. The van der Waals surface area contributed by atoms with Gasteiger partial charge in [0.1, 0.15) is 24.2 Å². The van der Waals surface area contributed by atoms with E-state index in [4.69, 9.17) is 9.47 Å². The molecule has 4 fully saturated rings. The molecule has 34 heavy (non-hydrogen) atoms. The van der Waals surface area contributed by atoms with Crippen LogP contribution in [0.5, 0.6) is 0 Å². The molecule has 2 unspecified atom stereocenters. The van der Waals surface area contributed by atoms with Crippen molar-refractivity contribution in [3.63, 3.8) is 0 Å². The molecule has 3 aliphatic heterocycles. The number of carbonyl (C=O) groups excluding carboxylic acids is 3. The Hall–Kier alpha value is -2.19. The Morgan fingerprint density at radius 1 is 1.24 bits per heavy atom. The summed E-state index contributed by atoms with van der Waals surface area (Å²) in [6.07, 6.45) is 10.0. The third kappa shape index (κ3) is 3.70. The van der Waals surface area contributed by atoms with Gasteiger partial charge in [-0.2, -0.15) is 0 Å². The van der Waals surface area contributed by atoms with E-state index in [1.807, 2.05) is 11.8 Å². The van der Waals surface area contributed by atoms with Gasteiger partial charge in [-0.05, 0) is 32.1 Å². The van der Waals surface area contributed by atoms with E-state index in [1.54, 1.807) is 6.08 Å². The summed E-state index contributed by atoms with van der Waals surface area (Å²) in [6.45, 7) is 9.62. The number of ether oxygens (including phenoxy) is 2. The van der Waals surface area contributed by atoms with Gasteiger partial charge in [-0.15, -0.1) is 6.58 Å². The number of hydrogen-bond acceptors (Lipinski definition) is 6. The lowest BCUT2D eigenvalue weighted by atomic mass is 9.65. The zero-order chi connectivity index (χ0) is 24.5. The Morgan fingerprint density at radius 3 is 2.59 bits per heavy atom. The van der Waals surface area contributed by atoms with Gasteiger partial charge in [0.2, 0.25) is 11.8 Å². The van der Waals surface area contributed by atoms with Crippen molar-refractivity contribution in [2.24, 2.45) is 11.8 Å². The van der Waals surface area contributed by atoms with Gasteiger partial charge in [0.05, 0.1) is 18.1 Å². The normalized spacial score (nSPS) is 34.7. The van der Waals surface area contributed by atoms with Crippen LogP contribution in [0.25, 0.3) is 0 Å². The van der Waals surface area contributed by atoms with Crippen molar-refractivity contribution in [3.05, 3.63) is 25.3 Å². The molecule has 0 aromatic heterocycles. The molecule has 0 aromatic rings. The topological polar surface area (TPSA) is 96.4 Å². The summed E-state index contributed by atoms with van der Waals surface area (Å²) in [7, 11) is 0. The van der Waals surface area contributed by atoms with Crippen molar-refractivity contribution in [2.75, 3.05) is 26.3 Å². The molecule has 1 saturated carbocycles. The number of carbonyl (C=O) groups is 3. The maximum Gasteiger partial charge on any atom is 0.313 e. The van der Waals surface area contributed by atoms with Gasteiger partial charge in [0.15, 0.2) is 0 Å². The Bertz CT molecular complexity index is 839. The largest absolute Gasteiger partial charge is 0.461 e. The van der Waals surface area contributed by atoms with E-state index in [0.29, 0.717) is 25.8 Å². The second kappa shape index (κ2) is 9.82. The number of likely N-dealkylation sites (tertiary alicyclic amines) is 1. The highest BCUT2D eigenvalue weighted by molar-refractivity contribution is 5.98. The van der Waals surface area contributed by atoms with Gasteiger partial charge in [0, 0.05) is 19.1 Å². The standard InChI is InChI=1S/C26H38N2O6/c1-4-14-27(18-10-8-7-9-11-18)23(31)21-26-13-12-25(6-3,34-26)20(24(32)33-17-5-2)19(26)22(30)28(21)15-16-29/h4-5,18-21,29H,1-2,6-17H2,3H3/t19-,20+,21?,25-,26?/m0/s1. The number of esters is 1. The summed E-state index contributed by atoms with van der Waals surface area (Å²) in [5.74, 6) is -2.52. The van der Waals surface area contributed by atoms with Crippen molar-refractivity contribution in [3.8, 4) is 0 Å². The molecule has 4 aliphatic rings. The molecule has 3 heterocycles. The van der Waals surface area contributed by atoms with Crippen molar-refractivity contribution in [1.82, 2.24) is 9.80 Å². The van der Waals surface area contributed by atoms with Crippen LogP contribution in [0.15, 0.2) is 25.3 Å². The third-order valence-electron chi connectivity index (χ3n) is 8.48. The van der Waals surface area contributed by atoms with Crippen LogP contribution in [-0.4, -0.2) is 82.3 Å². The highest BCUT2D eigenvalue weighted by Gasteiger charge is 2.79. The minimum absolute atomic E-state index is 0.0248. The average Bonchev–Trinajstić information content (AvgIpc) is 3.45. The molecule has 4 rings (SSSR count). The lowest BCUT2D eigenvalue weighted by Crippen LogP contribution is -2.58. The minimum Gasteiger partial charge on any atom is -0.461 e. The second-order valence-corrected chi connectivity index (χ2v) is 10.1. The Labute approximate surface area is 201 Å². The first-order chi connectivity index (χ1) is 16.4. The van der Waals surface area contributed by atoms with Gasteiger partial charge in [0.25, 0.3) is 0 Å². The van der Waals surface area contributed by atoms with Crippen LogP contribution < -0.4 is 0 Å². The van der Waals surface area contributed by atoms with Crippen LogP contribution >= 0.6 is 0 Å². The van der Waals surface area contributed by atoms with Crippen LogP contribution in [0.2, 0.25) is 0 Å². The fourth-order valence-corrected chi connectivity index (χ4v) is 7.04. The molecular formula is C26H38N2O6. The number of nitrogens with zero attached hydrogens (tertiary/aromatic N) is 2. The zero-order valence-electron chi connectivity index (χ0n) is 20.2. The summed E-state index contributed by atoms with van der Waals surface area (Å²) >= 11 is 0. The SMILES string of the molecule is C=CCOC(=O)[C@H]1[C@H]2C(=O)N(CCO)C(C(=O)N(CC=C)C3CCCCC3)C23CC[C@]1(CC)O3. The van der Waals surface area contributed by atoms with E-state index in [2.05, 4.69) is 13.2 Å². The molecule has 1 spiro atoms. The summed E-state index contributed by atoms with van der Waals surface area (Å²) in [5, 5.41) is 9.77. The number of aliphatic hydroxyl groups excluding tert-OH is 1. The Morgan fingerprint density at radius 2 is 1.97 bits per heavy atom. The molecule has 5 atom stereocenters. The molecule has 8 nitrogen and oxygen atoms in total. The predicted octanol–water partition coefficient (Wildman–Crippen LogP) is 2.21. The van der Waals surface area contributed by atoms with Crippen LogP contribution in [0.3, 0.4) is 0 Å². The highest BCUT2D eigenvalue weighted by atomic mass is 16.6. The van der Waals surface area contributed by atoms with E-state index in [0.717, 1.165) is 32.1 Å². The van der Waals surface area contributed by atoms with Crippen molar-refractivity contribution >= 4 is 17.8 Å². The zero-order valence-corrected chi connectivity index (χ0v) is 20.2. The average molecular weight is 475 g/mol. The fraction of sp³-hybridized carbons (Fsp3) is 0.731. The van der Waals surface area contributed by atoms with E-state index >= 15 is 0 Å². The summed E-state index contributed by atoms with van der Waals surface area (Å²) in [5.41, 5.74) is -1.91. The van der Waals surface area contributed by atoms with Crippen LogP contribution in [0.4, 0.5) is 0 Å². The number of aliphatic hydroxyl groups is 1. The van der Waals surface area contributed by atoms with Crippen LogP contribution in [0.1, 0.15) is 58.3 Å². The van der Waals surface area contributed by atoms with Gasteiger partial charge >= 0.3 is 5.97 Å². The van der Waals surface area contributed by atoms with E-state index < -0.39 is 35.0 Å². The molecule has 1 aliphatic carbocycles. The number of amides is 2. The molecule has 0 radical (unpaired) electrons. The molecule has 2 amide bonds. The molecular weight excluding hydrogens is 436 g/mol. The molecule has 3 saturated heterocycles. The first kappa shape index (κ1) is 24.9. The van der Waals surface area contributed by atoms with Crippen molar-refractivity contribution in [2.45, 2.75) is 81.6 Å². The third-order valence-corrected chi connectivity index (χ3v) is 8.48. The lowest BCUT2D eigenvalue weighted by molar-refractivity contribution is -0.161. The van der Waals surface area contributed by atoms with Gasteiger partial charge < -0.3 is 24.4 Å². The Kier molecular flexibility index (Phi) is 7.20. The maximum atomic E-state index is 14.2. The van der Waals surface area contributed by atoms with E-state index in [1.165, 1.54) is 11.0 Å². The summed E-state index contributed by atoms with van der Waals surface area (Å²) in [4.78, 5) is 44.5. The Balaban J connectivity index is 1.74. The number of hydrogen-bond donors (Lipinski definition) is 1. The number of β-amino-alcohol motifs (C(OH)–C–C–N with tert-alkyl or cyclic N) is 1. The van der Waals surface area contributed by atoms with E-state index in [9.17, 15) is 19.5 Å². The van der Waals surface area contributed by atoms with E-state index in [-0.39, 0.29) is 37.6 Å². The smallest absolute Gasteiger partial charge is 0.313 e. The minimum atomic E-state index is -1.09. The highest BCUT2D eigenvalue weighted by Crippen LogP contribution is 2.64. The van der Waals surface area contributed by atoms with Gasteiger partial charge in [-0.1, -0.05) is 44.9 Å². The van der Waals surface area contributed by atoms with Crippen LogP contribution in [0, 0.1) is 11.8 Å². The van der Waals surface area contributed by atoms with Gasteiger partial charge in [-0.3, -0.25) is 14.4 Å². The van der Waals surface area contributed by atoms with Crippen LogP contribution in [-0.2, 0) is 23.9 Å². The summed E-state index contributed by atoms with van der Waals surface area (Å²) in [6, 6.07) is -0.780. The lowest BCUT2D eigenvalue weighted by Gasteiger charge is -2.40. The molecule has 8 heteroatoms. The maximum absolute atomic E-state index is 14.2. The predicted molar refractivity (Wildman–Crippen MR) is 126 cm³/mol. The molecule has 0 aromatic carbocycles. The first-order valence-electron chi connectivity index (χ1n) is 12.7. The fourth-order valence-electron chi connectivity index (χ4n) is 7.04. The number of fused-ring (bicyclic) bond motifs is 1. The molecule has 1 N–H and O–H groups in total. The molecule has 188 valence electrons.